The molecule has 0 unspecified atom stereocenters. The summed E-state index contributed by atoms with van der Waals surface area (Å²) < 4.78 is 40.7. The van der Waals surface area contributed by atoms with Crippen molar-refractivity contribution < 1.29 is 22.7 Å². The van der Waals surface area contributed by atoms with Crippen molar-refractivity contribution in [1.29, 1.82) is 0 Å². The van der Waals surface area contributed by atoms with Gasteiger partial charge in [-0.2, -0.15) is 0 Å². The zero-order chi connectivity index (χ0) is 15.2. The van der Waals surface area contributed by atoms with Crippen LogP contribution in [0.5, 0.6) is 5.75 Å². The SMILES string of the molecule is CCN(CC)CCC(=O)c1ccccc1OC(F)(F)F. The Morgan fingerprint density at radius 2 is 1.80 bits per heavy atom. The molecule has 0 aliphatic carbocycles. The smallest absolute Gasteiger partial charge is 0.405 e. The zero-order valence-electron chi connectivity index (χ0n) is 11.5. The molecule has 1 aromatic rings. The van der Waals surface area contributed by atoms with Crippen molar-refractivity contribution >= 4 is 5.78 Å². The number of halogens is 3. The van der Waals surface area contributed by atoms with Crippen molar-refractivity contribution in [1.82, 2.24) is 4.90 Å². The van der Waals surface area contributed by atoms with Crippen LogP contribution in [0.25, 0.3) is 0 Å². The lowest BCUT2D eigenvalue weighted by atomic mass is 10.1. The van der Waals surface area contributed by atoms with E-state index in [1.807, 2.05) is 18.7 Å². The Hall–Kier alpha value is -1.56. The molecule has 0 saturated carbocycles. The summed E-state index contributed by atoms with van der Waals surface area (Å²) in [4.78, 5) is 14.0. The number of carbonyl (C=O) groups excluding carboxylic acids is 1. The van der Waals surface area contributed by atoms with Crippen molar-refractivity contribution in [3.05, 3.63) is 29.8 Å². The van der Waals surface area contributed by atoms with Crippen LogP contribution in [0, 0.1) is 0 Å². The molecule has 0 aliphatic rings. The number of carbonyl (C=O) groups is 1. The highest BCUT2D eigenvalue weighted by Gasteiger charge is 2.32. The number of alkyl halides is 3. The van der Waals surface area contributed by atoms with Crippen molar-refractivity contribution in [2.24, 2.45) is 0 Å². The number of ether oxygens (including phenoxy) is 1. The van der Waals surface area contributed by atoms with Crippen LogP contribution in [0.3, 0.4) is 0 Å². The average molecular weight is 289 g/mol. The molecule has 0 N–H and O–H groups in total. The van der Waals surface area contributed by atoms with Gasteiger partial charge in [0, 0.05) is 13.0 Å². The summed E-state index contributed by atoms with van der Waals surface area (Å²) in [5, 5.41) is 0. The van der Waals surface area contributed by atoms with Gasteiger partial charge in [-0.25, -0.2) is 0 Å². The standard InChI is InChI=1S/C14H18F3NO2/c1-3-18(4-2)10-9-12(19)11-7-5-6-8-13(11)20-14(15,16)17/h5-8H,3-4,9-10H2,1-2H3. The number of benzene rings is 1. The Kier molecular flexibility index (Phi) is 6.01. The van der Waals surface area contributed by atoms with Crippen LogP contribution >= 0.6 is 0 Å². The molecule has 0 heterocycles. The van der Waals surface area contributed by atoms with Crippen molar-refractivity contribution in [2.75, 3.05) is 19.6 Å². The minimum atomic E-state index is -4.80. The maximum Gasteiger partial charge on any atom is 0.573 e. The number of hydrogen-bond donors (Lipinski definition) is 0. The average Bonchev–Trinajstić information content (AvgIpc) is 2.38. The van der Waals surface area contributed by atoms with E-state index in [-0.39, 0.29) is 17.8 Å². The molecule has 0 fully saturated rings. The van der Waals surface area contributed by atoms with Crippen molar-refractivity contribution in [3.63, 3.8) is 0 Å². The highest BCUT2D eigenvalue weighted by molar-refractivity contribution is 5.98. The molecule has 112 valence electrons. The van der Waals surface area contributed by atoms with Crippen molar-refractivity contribution in [2.45, 2.75) is 26.6 Å². The van der Waals surface area contributed by atoms with E-state index in [1.54, 1.807) is 0 Å². The van der Waals surface area contributed by atoms with E-state index in [4.69, 9.17) is 0 Å². The lowest BCUT2D eigenvalue weighted by molar-refractivity contribution is -0.274. The molecule has 0 saturated heterocycles. The van der Waals surface area contributed by atoms with Crippen molar-refractivity contribution in [3.8, 4) is 5.75 Å². The quantitative estimate of drug-likeness (QED) is 0.719. The number of Topliss-reactive ketones (excluding diaryl/α,β-unsaturated/α-hetero) is 1. The van der Waals surface area contributed by atoms with E-state index >= 15 is 0 Å². The molecule has 0 aliphatic heterocycles. The van der Waals surface area contributed by atoms with Gasteiger partial charge in [-0.15, -0.1) is 13.2 Å². The minimum Gasteiger partial charge on any atom is -0.405 e. The Morgan fingerprint density at radius 1 is 1.20 bits per heavy atom. The van der Waals surface area contributed by atoms with Crippen LogP contribution in [0.15, 0.2) is 24.3 Å². The molecule has 0 atom stereocenters. The minimum absolute atomic E-state index is 0.0306. The fraction of sp³-hybridized carbons (Fsp3) is 0.500. The molecule has 0 aromatic heterocycles. The molecule has 0 spiro atoms. The fourth-order valence-electron chi connectivity index (χ4n) is 1.84. The highest BCUT2D eigenvalue weighted by atomic mass is 19.4. The van der Waals surface area contributed by atoms with Crippen LogP contribution in [0.4, 0.5) is 13.2 Å². The first-order valence-corrected chi connectivity index (χ1v) is 6.47. The molecule has 1 rings (SSSR count). The molecule has 0 amide bonds. The summed E-state index contributed by atoms with van der Waals surface area (Å²) in [6.07, 6.45) is -4.63. The van der Waals surface area contributed by atoms with Gasteiger partial charge in [0.15, 0.2) is 5.78 Å². The first-order chi connectivity index (χ1) is 9.37. The lowest BCUT2D eigenvalue weighted by Gasteiger charge is -2.18. The summed E-state index contributed by atoms with van der Waals surface area (Å²) in [5.74, 6) is -0.790. The highest BCUT2D eigenvalue weighted by Crippen LogP contribution is 2.27. The largest absolute Gasteiger partial charge is 0.573 e. The molecule has 20 heavy (non-hydrogen) atoms. The van der Waals surface area contributed by atoms with Gasteiger partial charge in [0.2, 0.25) is 0 Å². The number of nitrogens with zero attached hydrogens (tertiary/aromatic N) is 1. The van der Waals surface area contributed by atoms with Crippen LogP contribution in [0.1, 0.15) is 30.6 Å². The molecule has 3 nitrogen and oxygen atoms in total. The van der Waals surface area contributed by atoms with Gasteiger partial charge in [0.25, 0.3) is 0 Å². The van der Waals surface area contributed by atoms with Gasteiger partial charge in [0.05, 0.1) is 5.56 Å². The Labute approximate surface area is 116 Å². The zero-order valence-corrected chi connectivity index (χ0v) is 11.5. The predicted octanol–water partition coefficient (Wildman–Crippen LogP) is 3.50. The van der Waals surface area contributed by atoms with Gasteiger partial charge in [0.1, 0.15) is 5.75 Å². The van der Waals surface area contributed by atoms with Gasteiger partial charge < -0.3 is 9.64 Å². The van der Waals surface area contributed by atoms with Crippen LogP contribution in [-0.2, 0) is 0 Å². The predicted molar refractivity (Wildman–Crippen MR) is 69.9 cm³/mol. The first-order valence-electron chi connectivity index (χ1n) is 6.47. The maximum absolute atomic E-state index is 12.3. The van der Waals surface area contributed by atoms with Crippen LogP contribution in [0.2, 0.25) is 0 Å². The van der Waals surface area contributed by atoms with Crippen LogP contribution < -0.4 is 4.74 Å². The monoisotopic (exact) mass is 289 g/mol. The summed E-state index contributed by atoms with van der Waals surface area (Å²) in [5.41, 5.74) is -0.0306. The number of ketones is 1. The van der Waals surface area contributed by atoms with E-state index < -0.39 is 12.1 Å². The van der Waals surface area contributed by atoms with E-state index in [1.165, 1.54) is 18.2 Å². The summed E-state index contributed by atoms with van der Waals surface area (Å²) >= 11 is 0. The lowest BCUT2D eigenvalue weighted by Crippen LogP contribution is -2.26. The van der Waals surface area contributed by atoms with E-state index in [9.17, 15) is 18.0 Å². The van der Waals surface area contributed by atoms with E-state index in [2.05, 4.69) is 4.74 Å². The summed E-state index contributed by atoms with van der Waals surface area (Å²) in [6, 6.07) is 5.43. The van der Waals surface area contributed by atoms with Gasteiger partial charge in [-0.1, -0.05) is 26.0 Å². The molecule has 0 radical (unpaired) electrons. The second-order valence-electron chi connectivity index (χ2n) is 4.24. The molecule has 0 bridgehead atoms. The topological polar surface area (TPSA) is 29.5 Å². The fourth-order valence-corrected chi connectivity index (χ4v) is 1.84. The van der Waals surface area contributed by atoms with Crippen LogP contribution in [-0.4, -0.2) is 36.7 Å². The number of hydrogen-bond acceptors (Lipinski definition) is 3. The molecular weight excluding hydrogens is 271 g/mol. The van der Waals surface area contributed by atoms with E-state index in [0.29, 0.717) is 6.54 Å². The second-order valence-corrected chi connectivity index (χ2v) is 4.24. The number of para-hydroxylation sites is 1. The Balaban J connectivity index is 2.77. The normalized spacial score (nSPS) is 11.7. The van der Waals surface area contributed by atoms with E-state index in [0.717, 1.165) is 19.2 Å². The van der Waals surface area contributed by atoms with Gasteiger partial charge in [-0.3, -0.25) is 4.79 Å². The third-order valence-corrected chi connectivity index (χ3v) is 2.96. The Morgan fingerprint density at radius 3 is 2.35 bits per heavy atom. The second kappa shape index (κ2) is 7.28. The maximum atomic E-state index is 12.3. The van der Waals surface area contributed by atoms with Gasteiger partial charge >= 0.3 is 6.36 Å². The van der Waals surface area contributed by atoms with Gasteiger partial charge in [-0.05, 0) is 25.2 Å². The summed E-state index contributed by atoms with van der Waals surface area (Å²) in [7, 11) is 0. The molecular formula is C14H18F3NO2. The Bertz CT molecular complexity index is 442. The third kappa shape index (κ3) is 5.21. The molecule has 6 heteroatoms. The summed E-state index contributed by atoms with van der Waals surface area (Å²) in [6.45, 7) is 6.05. The number of rotatable bonds is 7. The third-order valence-electron chi connectivity index (χ3n) is 2.96. The first kappa shape index (κ1) is 16.5. The molecule has 1 aromatic carbocycles.